The smallest absolute Gasteiger partial charge is 0.224 e. The van der Waals surface area contributed by atoms with Crippen LogP contribution in [0.3, 0.4) is 0 Å². The van der Waals surface area contributed by atoms with Crippen LogP contribution < -0.4 is 0 Å². The zero-order valence-corrected chi connectivity index (χ0v) is 12.2. The molecule has 0 saturated carbocycles. The Balaban J connectivity index is 2.43. The Kier molecular flexibility index (Phi) is 3.42. The molecule has 6 heteroatoms. The van der Waals surface area contributed by atoms with Gasteiger partial charge in [-0.2, -0.15) is 0 Å². The highest BCUT2D eigenvalue weighted by molar-refractivity contribution is 6.43. The molecule has 100 valence electrons. The number of hydrogen-bond acceptors (Lipinski definition) is 3. The van der Waals surface area contributed by atoms with Crippen molar-refractivity contribution in [1.82, 2.24) is 9.97 Å². The third-order valence-corrected chi connectivity index (χ3v) is 3.82. The van der Waals surface area contributed by atoms with Crippen LogP contribution in [0.15, 0.2) is 36.4 Å². The molecule has 0 saturated heterocycles. The largest absolute Gasteiger partial charge is 0.507 e. The van der Waals surface area contributed by atoms with E-state index in [-0.39, 0.29) is 21.2 Å². The first-order valence-corrected chi connectivity index (χ1v) is 6.81. The fraction of sp³-hybridized carbons (Fsp3) is 0. The maximum atomic E-state index is 10.2. The van der Waals surface area contributed by atoms with E-state index in [9.17, 15) is 5.11 Å². The van der Waals surface area contributed by atoms with Gasteiger partial charge in [0.1, 0.15) is 10.8 Å². The Hall–Kier alpha value is -1.55. The summed E-state index contributed by atoms with van der Waals surface area (Å²) in [5, 5.41) is 12.1. The molecule has 1 N–H and O–H groups in total. The van der Waals surface area contributed by atoms with E-state index in [0.717, 1.165) is 10.8 Å². The van der Waals surface area contributed by atoms with Crippen molar-refractivity contribution in [3.05, 3.63) is 51.9 Å². The summed E-state index contributed by atoms with van der Waals surface area (Å²) in [5.41, 5.74) is 0.797. The molecule has 20 heavy (non-hydrogen) atoms. The zero-order chi connectivity index (χ0) is 14.3. The summed E-state index contributed by atoms with van der Waals surface area (Å²) in [6, 6.07) is 11.0. The fourth-order valence-corrected chi connectivity index (χ4v) is 2.63. The number of phenolic OH excluding ortho intramolecular Hbond substituents is 1. The van der Waals surface area contributed by atoms with Crippen molar-refractivity contribution in [2.75, 3.05) is 0 Å². The third-order valence-electron chi connectivity index (χ3n) is 2.93. The second-order valence-corrected chi connectivity index (χ2v) is 5.20. The van der Waals surface area contributed by atoms with Crippen molar-refractivity contribution >= 4 is 45.6 Å². The number of nitrogens with zero attached hydrogens (tertiary/aromatic N) is 2. The number of rotatable bonds is 1. The van der Waals surface area contributed by atoms with E-state index in [2.05, 4.69) is 9.97 Å². The van der Waals surface area contributed by atoms with Crippen molar-refractivity contribution in [3.63, 3.8) is 0 Å². The lowest BCUT2D eigenvalue weighted by Gasteiger charge is -2.11. The molecule has 0 radical (unpaired) electrons. The van der Waals surface area contributed by atoms with Crippen LogP contribution >= 0.6 is 34.8 Å². The van der Waals surface area contributed by atoms with Crippen LogP contribution in [0.1, 0.15) is 0 Å². The second-order valence-electron chi connectivity index (χ2n) is 4.13. The Labute approximate surface area is 129 Å². The molecule has 3 rings (SSSR count). The van der Waals surface area contributed by atoms with Gasteiger partial charge in [-0.05, 0) is 28.4 Å². The Bertz CT molecular complexity index is 821. The van der Waals surface area contributed by atoms with E-state index in [1.54, 1.807) is 6.07 Å². The Morgan fingerprint density at radius 2 is 1.65 bits per heavy atom. The number of fused-ring (bicyclic) bond motifs is 1. The first-order chi connectivity index (χ1) is 9.58. The molecule has 0 aliphatic carbocycles. The van der Waals surface area contributed by atoms with Gasteiger partial charge in [0, 0.05) is 0 Å². The monoisotopic (exact) mass is 324 g/mol. The van der Waals surface area contributed by atoms with Gasteiger partial charge in [-0.3, -0.25) is 0 Å². The van der Waals surface area contributed by atoms with Crippen LogP contribution in [0.25, 0.3) is 22.0 Å². The summed E-state index contributed by atoms with van der Waals surface area (Å²) in [5.74, 6) is 0.0523. The molecule has 1 aromatic heterocycles. The molecule has 0 unspecified atom stereocenters. The highest BCUT2D eigenvalue weighted by Gasteiger charge is 2.18. The molecule has 0 aliphatic heterocycles. The second kappa shape index (κ2) is 5.09. The molecule has 3 aromatic rings. The fourth-order valence-electron chi connectivity index (χ4n) is 2.07. The molecule has 3 nitrogen and oxygen atoms in total. The molecule has 2 aromatic carbocycles. The summed E-state index contributed by atoms with van der Waals surface area (Å²) in [7, 11) is 0. The first kappa shape index (κ1) is 13.4. The van der Waals surface area contributed by atoms with Gasteiger partial charge in [-0.25, -0.2) is 9.97 Å². The van der Waals surface area contributed by atoms with Gasteiger partial charge in [0.05, 0.1) is 11.3 Å². The molecule has 0 aliphatic rings. The summed E-state index contributed by atoms with van der Waals surface area (Å²) in [4.78, 5) is 7.87. The molecule has 0 spiro atoms. The molecule has 0 amide bonds. The van der Waals surface area contributed by atoms with Crippen molar-refractivity contribution in [2.45, 2.75) is 0 Å². The van der Waals surface area contributed by atoms with E-state index in [1.807, 2.05) is 30.3 Å². The Morgan fingerprint density at radius 3 is 2.45 bits per heavy atom. The third kappa shape index (κ3) is 2.18. The molecule has 1 heterocycles. The van der Waals surface area contributed by atoms with Crippen LogP contribution in [-0.2, 0) is 0 Å². The van der Waals surface area contributed by atoms with Crippen LogP contribution in [-0.4, -0.2) is 15.1 Å². The SMILES string of the molecule is Oc1ccc2ccccc2c1-c1nc(Cl)nc(Cl)c1Cl. The Morgan fingerprint density at radius 1 is 0.900 bits per heavy atom. The number of phenols is 1. The van der Waals surface area contributed by atoms with Gasteiger partial charge in [-0.1, -0.05) is 53.5 Å². The molecule has 0 fully saturated rings. The molecule has 0 atom stereocenters. The predicted molar refractivity (Wildman–Crippen MR) is 81.7 cm³/mol. The lowest BCUT2D eigenvalue weighted by Crippen LogP contribution is -1.92. The van der Waals surface area contributed by atoms with Crippen LogP contribution in [0.2, 0.25) is 15.5 Å². The average molecular weight is 326 g/mol. The van der Waals surface area contributed by atoms with Gasteiger partial charge in [0.25, 0.3) is 0 Å². The van der Waals surface area contributed by atoms with Crippen LogP contribution in [0.4, 0.5) is 0 Å². The standard InChI is InChI=1S/C14H7Cl3N2O/c15-11-12(18-14(17)19-13(11)16)10-8-4-2-1-3-7(8)5-6-9(10)20/h1-6,20H. The van der Waals surface area contributed by atoms with E-state index in [1.165, 1.54) is 0 Å². The minimum Gasteiger partial charge on any atom is -0.507 e. The van der Waals surface area contributed by atoms with Gasteiger partial charge in [-0.15, -0.1) is 0 Å². The van der Waals surface area contributed by atoms with E-state index in [0.29, 0.717) is 11.3 Å². The lowest BCUT2D eigenvalue weighted by atomic mass is 10.0. The van der Waals surface area contributed by atoms with E-state index >= 15 is 0 Å². The molecular formula is C14H7Cl3N2O. The summed E-state index contributed by atoms with van der Waals surface area (Å²) < 4.78 is 0. The number of benzene rings is 2. The van der Waals surface area contributed by atoms with Crippen LogP contribution in [0, 0.1) is 0 Å². The maximum absolute atomic E-state index is 10.2. The molecular weight excluding hydrogens is 319 g/mol. The summed E-state index contributed by atoms with van der Waals surface area (Å²) in [6.07, 6.45) is 0. The van der Waals surface area contributed by atoms with Gasteiger partial charge < -0.3 is 5.11 Å². The van der Waals surface area contributed by atoms with Gasteiger partial charge >= 0.3 is 0 Å². The number of halogens is 3. The van der Waals surface area contributed by atoms with Crippen molar-refractivity contribution in [1.29, 1.82) is 0 Å². The lowest BCUT2D eigenvalue weighted by molar-refractivity contribution is 0.478. The highest BCUT2D eigenvalue weighted by atomic mass is 35.5. The predicted octanol–water partition coefficient (Wildman–Crippen LogP) is 4.96. The minimum absolute atomic E-state index is 0.0262. The normalized spacial score (nSPS) is 10.9. The quantitative estimate of drug-likeness (QED) is 0.508. The number of hydrogen-bond donors (Lipinski definition) is 1. The van der Waals surface area contributed by atoms with Gasteiger partial charge in [0.2, 0.25) is 5.28 Å². The number of aromatic hydroxyl groups is 1. The van der Waals surface area contributed by atoms with E-state index < -0.39 is 0 Å². The summed E-state index contributed by atoms with van der Waals surface area (Å²) in [6.45, 7) is 0. The maximum Gasteiger partial charge on any atom is 0.224 e. The van der Waals surface area contributed by atoms with Crippen molar-refractivity contribution in [3.8, 4) is 17.0 Å². The van der Waals surface area contributed by atoms with Gasteiger partial charge in [0.15, 0.2) is 5.15 Å². The van der Waals surface area contributed by atoms with Crippen LogP contribution in [0.5, 0.6) is 5.75 Å². The average Bonchev–Trinajstić information content (AvgIpc) is 2.43. The van der Waals surface area contributed by atoms with Crippen molar-refractivity contribution in [2.24, 2.45) is 0 Å². The topological polar surface area (TPSA) is 46.0 Å². The molecule has 0 bridgehead atoms. The van der Waals surface area contributed by atoms with E-state index in [4.69, 9.17) is 34.8 Å². The number of aromatic nitrogens is 2. The van der Waals surface area contributed by atoms with Crippen molar-refractivity contribution < 1.29 is 5.11 Å². The first-order valence-electron chi connectivity index (χ1n) is 5.67. The summed E-state index contributed by atoms with van der Waals surface area (Å²) >= 11 is 17.9. The highest BCUT2D eigenvalue weighted by Crippen LogP contribution is 2.40. The minimum atomic E-state index is -0.0262. The zero-order valence-electron chi connectivity index (χ0n) is 9.94.